The van der Waals surface area contributed by atoms with Gasteiger partial charge in [-0.1, -0.05) is 90.0 Å². The fourth-order valence-electron chi connectivity index (χ4n) is 4.31. The summed E-state index contributed by atoms with van der Waals surface area (Å²) in [4.78, 5) is 12.6. The molecule has 1 nitrogen and oxygen atoms in total. The molecule has 0 spiro atoms. The second-order valence-corrected chi connectivity index (χ2v) is 8.66. The third-order valence-corrected chi connectivity index (χ3v) is 6.40. The Balaban J connectivity index is 1.74. The molecule has 0 N–H and O–H groups in total. The molecule has 1 aliphatic rings. The Morgan fingerprint density at radius 1 is 0.962 bits per heavy atom. The highest BCUT2D eigenvalue weighted by Crippen LogP contribution is 2.36. The minimum Gasteiger partial charge on any atom is -0.299 e. The number of carbonyl (C=O) groups is 1. The van der Waals surface area contributed by atoms with E-state index in [-0.39, 0.29) is 0 Å². The smallest absolute Gasteiger partial charge is 0.136 e. The first-order valence-corrected chi connectivity index (χ1v) is 11.3. The summed E-state index contributed by atoms with van der Waals surface area (Å²) in [7, 11) is 0. The number of carbonyl (C=O) groups excluding carboxylic acids is 1. The summed E-state index contributed by atoms with van der Waals surface area (Å²) >= 11 is 0. The summed E-state index contributed by atoms with van der Waals surface area (Å²) in [6.07, 6.45) is 14.5. The van der Waals surface area contributed by atoms with E-state index in [0.717, 1.165) is 25.2 Å². The maximum Gasteiger partial charge on any atom is 0.136 e. The maximum absolute atomic E-state index is 12.6. The number of hydrogen-bond acceptors (Lipinski definition) is 1. The maximum atomic E-state index is 12.6. The van der Waals surface area contributed by atoms with Gasteiger partial charge >= 0.3 is 0 Å². The molecule has 1 fully saturated rings. The Labute approximate surface area is 162 Å². The van der Waals surface area contributed by atoms with E-state index in [1.807, 2.05) is 0 Å². The average molecular weight is 357 g/mol. The van der Waals surface area contributed by atoms with Gasteiger partial charge in [0.2, 0.25) is 0 Å². The SMILES string of the molecule is CCCCCCCCC1CCC(c2ccc(CC(C)CC)cc2)CC1=O. The molecule has 146 valence electrons. The Kier molecular flexibility index (Phi) is 9.43. The molecule has 1 heteroatoms. The van der Waals surface area contributed by atoms with Crippen LogP contribution in [0.2, 0.25) is 0 Å². The normalized spacial score (nSPS) is 21.7. The van der Waals surface area contributed by atoms with Gasteiger partial charge in [0.1, 0.15) is 5.78 Å². The van der Waals surface area contributed by atoms with Crippen molar-refractivity contribution < 1.29 is 4.79 Å². The predicted octanol–water partition coefficient (Wildman–Crippen LogP) is 7.48. The molecule has 1 saturated carbocycles. The highest BCUT2D eigenvalue weighted by atomic mass is 16.1. The molecule has 1 aromatic rings. The van der Waals surface area contributed by atoms with Crippen LogP contribution in [0.3, 0.4) is 0 Å². The van der Waals surface area contributed by atoms with E-state index < -0.39 is 0 Å². The molecular weight excluding hydrogens is 316 g/mol. The summed E-state index contributed by atoms with van der Waals surface area (Å²) < 4.78 is 0. The number of unbranched alkanes of at least 4 members (excludes halogenated alkanes) is 5. The van der Waals surface area contributed by atoms with Gasteiger partial charge in [-0.25, -0.2) is 0 Å². The van der Waals surface area contributed by atoms with Crippen molar-refractivity contribution in [2.24, 2.45) is 11.8 Å². The summed E-state index contributed by atoms with van der Waals surface area (Å²) in [5.41, 5.74) is 2.82. The van der Waals surface area contributed by atoms with Crippen LogP contribution in [0.4, 0.5) is 0 Å². The topological polar surface area (TPSA) is 17.1 Å². The van der Waals surface area contributed by atoms with E-state index in [1.165, 1.54) is 68.9 Å². The molecule has 0 aromatic heterocycles. The zero-order chi connectivity index (χ0) is 18.8. The van der Waals surface area contributed by atoms with Crippen LogP contribution in [0, 0.1) is 11.8 Å². The summed E-state index contributed by atoms with van der Waals surface area (Å²) in [5.74, 6) is 2.08. The molecule has 3 unspecified atom stereocenters. The van der Waals surface area contributed by atoms with Gasteiger partial charge in [0, 0.05) is 12.3 Å². The first-order chi connectivity index (χ1) is 12.6. The molecule has 1 aromatic carbocycles. The van der Waals surface area contributed by atoms with Crippen molar-refractivity contribution in [2.75, 3.05) is 0 Å². The lowest BCUT2D eigenvalue weighted by Crippen LogP contribution is -2.24. The lowest BCUT2D eigenvalue weighted by molar-refractivity contribution is -0.125. The fourth-order valence-corrected chi connectivity index (χ4v) is 4.31. The molecular formula is C25H40O. The van der Waals surface area contributed by atoms with Crippen LogP contribution in [0.25, 0.3) is 0 Å². The lowest BCUT2D eigenvalue weighted by atomic mass is 9.76. The van der Waals surface area contributed by atoms with Gasteiger partial charge in [-0.2, -0.15) is 0 Å². The third kappa shape index (κ3) is 6.89. The van der Waals surface area contributed by atoms with Crippen LogP contribution >= 0.6 is 0 Å². The van der Waals surface area contributed by atoms with Crippen molar-refractivity contribution in [3.05, 3.63) is 35.4 Å². The average Bonchev–Trinajstić information content (AvgIpc) is 2.66. The third-order valence-electron chi connectivity index (χ3n) is 6.40. The van der Waals surface area contributed by atoms with E-state index >= 15 is 0 Å². The van der Waals surface area contributed by atoms with Crippen LogP contribution in [-0.2, 0) is 11.2 Å². The molecule has 0 aliphatic heterocycles. The molecule has 3 atom stereocenters. The minimum absolute atomic E-state index is 0.349. The van der Waals surface area contributed by atoms with Gasteiger partial charge in [-0.05, 0) is 48.6 Å². The zero-order valence-corrected chi connectivity index (χ0v) is 17.4. The van der Waals surface area contributed by atoms with Gasteiger partial charge in [0.15, 0.2) is 0 Å². The predicted molar refractivity (Wildman–Crippen MR) is 113 cm³/mol. The zero-order valence-electron chi connectivity index (χ0n) is 17.4. The second kappa shape index (κ2) is 11.6. The van der Waals surface area contributed by atoms with E-state index in [0.29, 0.717) is 17.6 Å². The second-order valence-electron chi connectivity index (χ2n) is 8.66. The number of hydrogen-bond donors (Lipinski definition) is 0. The Morgan fingerprint density at radius 3 is 2.31 bits per heavy atom. The van der Waals surface area contributed by atoms with Crippen molar-refractivity contribution in [2.45, 2.75) is 104 Å². The molecule has 2 rings (SSSR count). The summed E-state index contributed by atoms with van der Waals surface area (Å²) in [6, 6.07) is 9.14. The van der Waals surface area contributed by atoms with Crippen LogP contribution < -0.4 is 0 Å². The van der Waals surface area contributed by atoms with Gasteiger partial charge < -0.3 is 0 Å². The molecule has 0 heterocycles. The Hall–Kier alpha value is -1.11. The highest BCUT2D eigenvalue weighted by molar-refractivity contribution is 5.82. The fraction of sp³-hybridized carbons (Fsp3) is 0.720. The number of Topliss-reactive ketones (excluding diaryl/α,β-unsaturated/α-hetero) is 1. The quantitative estimate of drug-likeness (QED) is 0.376. The summed E-state index contributed by atoms with van der Waals surface area (Å²) in [5, 5.41) is 0. The highest BCUT2D eigenvalue weighted by Gasteiger charge is 2.28. The van der Waals surface area contributed by atoms with E-state index in [4.69, 9.17) is 0 Å². The van der Waals surface area contributed by atoms with Gasteiger partial charge in [-0.3, -0.25) is 4.79 Å². The van der Waals surface area contributed by atoms with Crippen molar-refractivity contribution in [3.8, 4) is 0 Å². The standard InChI is InChI=1S/C25H40O/c1-4-6-7-8-9-10-11-23-16-17-24(19-25(23)26)22-14-12-21(13-15-22)18-20(3)5-2/h12-15,20,23-24H,4-11,16-19H2,1-3H3. The van der Waals surface area contributed by atoms with Crippen molar-refractivity contribution in [1.29, 1.82) is 0 Å². The first kappa shape index (κ1) is 21.2. The van der Waals surface area contributed by atoms with Gasteiger partial charge in [0.25, 0.3) is 0 Å². The molecule has 0 radical (unpaired) electrons. The number of rotatable bonds is 11. The van der Waals surface area contributed by atoms with E-state index in [2.05, 4.69) is 45.0 Å². The largest absolute Gasteiger partial charge is 0.299 e. The van der Waals surface area contributed by atoms with Crippen molar-refractivity contribution in [1.82, 2.24) is 0 Å². The number of ketones is 1. The molecule has 0 saturated heterocycles. The van der Waals surface area contributed by atoms with Crippen LogP contribution in [0.5, 0.6) is 0 Å². The van der Waals surface area contributed by atoms with Gasteiger partial charge in [0.05, 0.1) is 0 Å². The number of benzene rings is 1. The monoisotopic (exact) mass is 356 g/mol. The van der Waals surface area contributed by atoms with Gasteiger partial charge in [-0.15, -0.1) is 0 Å². The molecule has 26 heavy (non-hydrogen) atoms. The van der Waals surface area contributed by atoms with Crippen molar-refractivity contribution in [3.63, 3.8) is 0 Å². The van der Waals surface area contributed by atoms with Crippen LogP contribution in [-0.4, -0.2) is 5.78 Å². The molecule has 0 amide bonds. The Morgan fingerprint density at radius 2 is 1.65 bits per heavy atom. The van der Waals surface area contributed by atoms with Crippen LogP contribution in [0.15, 0.2) is 24.3 Å². The lowest BCUT2D eigenvalue weighted by Gasteiger charge is -2.28. The van der Waals surface area contributed by atoms with Crippen LogP contribution in [0.1, 0.15) is 108 Å². The summed E-state index contributed by atoms with van der Waals surface area (Å²) in [6.45, 7) is 6.84. The molecule has 1 aliphatic carbocycles. The van der Waals surface area contributed by atoms with E-state index in [9.17, 15) is 4.79 Å². The Bertz CT molecular complexity index is 515. The first-order valence-electron chi connectivity index (χ1n) is 11.3. The minimum atomic E-state index is 0.349. The van der Waals surface area contributed by atoms with Crippen molar-refractivity contribution >= 4 is 5.78 Å². The van der Waals surface area contributed by atoms with E-state index in [1.54, 1.807) is 0 Å². The molecule has 0 bridgehead atoms.